The van der Waals surface area contributed by atoms with Crippen molar-refractivity contribution in [2.45, 2.75) is 45.1 Å². The fourth-order valence-electron chi connectivity index (χ4n) is 3.31. The zero-order valence-corrected chi connectivity index (χ0v) is 11.8. The SMILES string of the molecule is CCCCc1cccc2c1[C@@H](N1C(=O)C=CC1=O)CC2. The zero-order chi connectivity index (χ0) is 14.1. The molecule has 3 heteroatoms. The van der Waals surface area contributed by atoms with Crippen LogP contribution >= 0.6 is 0 Å². The van der Waals surface area contributed by atoms with Crippen LogP contribution in [0.5, 0.6) is 0 Å². The van der Waals surface area contributed by atoms with E-state index in [1.807, 2.05) is 0 Å². The van der Waals surface area contributed by atoms with Gasteiger partial charge < -0.3 is 0 Å². The van der Waals surface area contributed by atoms with Gasteiger partial charge >= 0.3 is 0 Å². The lowest BCUT2D eigenvalue weighted by molar-refractivity contribution is -0.139. The summed E-state index contributed by atoms with van der Waals surface area (Å²) in [5.74, 6) is -0.337. The second kappa shape index (κ2) is 5.23. The number of fused-ring (bicyclic) bond motifs is 1. The van der Waals surface area contributed by atoms with Crippen LogP contribution in [0.25, 0.3) is 0 Å². The molecule has 3 nitrogen and oxygen atoms in total. The Hall–Kier alpha value is -1.90. The van der Waals surface area contributed by atoms with Gasteiger partial charge in [0, 0.05) is 12.2 Å². The van der Waals surface area contributed by atoms with Gasteiger partial charge in [-0.05, 0) is 42.4 Å². The molecule has 0 N–H and O–H groups in total. The molecule has 1 aromatic carbocycles. The summed E-state index contributed by atoms with van der Waals surface area (Å²) >= 11 is 0. The minimum atomic E-state index is -0.168. The van der Waals surface area contributed by atoms with Crippen LogP contribution in [-0.2, 0) is 22.4 Å². The predicted molar refractivity (Wildman–Crippen MR) is 77.1 cm³/mol. The maximum absolute atomic E-state index is 11.9. The number of amides is 2. The maximum Gasteiger partial charge on any atom is 0.254 e. The molecule has 1 atom stereocenters. The number of benzene rings is 1. The quantitative estimate of drug-likeness (QED) is 0.788. The minimum absolute atomic E-state index is 0.0620. The number of unbranched alkanes of at least 4 members (excludes halogenated alkanes) is 1. The molecule has 1 heterocycles. The monoisotopic (exact) mass is 269 g/mol. The summed E-state index contributed by atoms with van der Waals surface area (Å²) in [6.45, 7) is 2.18. The molecular weight excluding hydrogens is 250 g/mol. The van der Waals surface area contributed by atoms with Crippen molar-refractivity contribution in [3.05, 3.63) is 47.0 Å². The van der Waals surface area contributed by atoms with Gasteiger partial charge in [0.15, 0.2) is 0 Å². The van der Waals surface area contributed by atoms with E-state index in [2.05, 4.69) is 25.1 Å². The summed E-state index contributed by atoms with van der Waals surface area (Å²) in [6.07, 6.45) is 7.90. The Labute approximate surface area is 119 Å². The summed E-state index contributed by atoms with van der Waals surface area (Å²) < 4.78 is 0. The van der Waals surface area contributed by atoms with Gasteiger partial charge in [0.1, 0.15) is 0 Å². The Morgan fingerprint density at radius 3 is 2.65 bits per heavy atom. The fourth-order valence-corrected chi connectivity index (χ4v) is 3.31. The van der Waals surface area contributed by atoms with Gasteiger partial charge in [0.05, 0.1) is 6.04 Å². The first-order valence-electron chi connectivity index (χ1n) is 7.38. The highest BCUT2D eigenvalue weighted by atomic mass is 16.2. The van der Waals surface area contributed by atoms with Crippen LogP contribution in [0.3, 0.4) is 0 Å². The van der Waals surface area contributed by atoms with E-state index in [4.69, 9.17) is 0 Å². The number of nitrogens with zero attached hydrogens (tertiary/aromatic N) is 1. The van der Waals surface area contributed by atoms with Crippen molar-refractivity contribution in [1.29, 1.82) is 0 Å². The fraction of sp³-hybridized carbons (Fsp3) is 0.412. The second-order valence-electron chi connectivity index (χ2n) is 5.53. The van der Waals surface area contributed by atoms with Crippen molar-refractivity contribution in [3.63, 3.8) is 0 Å². The Bertz CT molecular complexity index is 571. The molecule has 0 bridgehead atoms. The molecule has 0 fully saturated rings. The maximum atomic E-state index is 11.9. The van der Waals surface area contributed by atoms with Crippen LogP contribution in [-0.4, -0.2) is 16.7 Å². The van der Waals surface area contributed by atoms with Gasteiger partial charge in [-0.1, -0.05) is 31.5 Å². The molecule has 0 unspecified atom stereocenters. The number of rotatable bonds is 4. The topological polar surface area (TPSA) is 37.4 Å². The smallest absolute Gasteiger partial charge is 0.254 e. The van der Waals surface area contributed by atoms with Crippen molar-refractivity contribution in [1.82, 2.24) is 4.90 Å². The molecule has 0 saturated heterocycles. The van der Waals surface area contributed by atoms with Gasteiger partial charge in [0.2, 0.25) is 0 Å². The average molecular weight is 269 g/mol. The first-order chi connectivity index (χ1) is 9.72. The summed E-state index contributed by atoms with van der Waals surface area (Å²) in [6, 6.07) is 6.31. The van der Waals surface area contributed by atoms with Crippen LogP contribution in [0.1, 0.15) is 48.9 Å². The molecule has 0 radical (unpaired) electrons. The number of hydrogen-bond acceptors (Lipinski definition) is 2. The van der Waals surface area contributed by atoms with Crippen LogP contribution < -0.4 is 0 Å². The van der Waals surface area contributed by atoms with E-state index in [1.54, 1.807) is 0 Å². The van der Waals surface area contributed by atoms with E-state index in [9.17, 15) is 9.59 Å². The lowest BCUT2D eigenvalue weighted by Crippen LogP contribution is -2.33. The summed E-state index contributed by atoms with van der Waals surface area (Å²) in [5, 5.41) is 0. The number of imide groups is 1. The molecular formula is C17H19NO2. The van der Waals surface area contributed by atoms with E-state index >= 15 is 0 Å². The van der Waals surface area contributed by atoms with Crippen LogP contribution in [0.15, 0.2) is 30.4 Å². The molecule has 3 rings (SSSR count). The van der Waals surface area contributed by atoms with E-state index in [0.29, 0.717) is 0 Å². The van der Waals surface area contributed by atoms with Gasteiger partial charge in [-0.3, -0.25) is 14.5 Å². The normalized spacial score (nSPS) is 20.9. The Kier molecular flexibility index (Phi) is 3.43. The van der Waals surface area contributed by atoms with E-state index in [1.165, 1.54) is 33.7 Å². The molecule has 2 amide bonds. The molecule has 20 heavy (non-hydrogen) atoms. The second-order valence-corrected chi connectivity index (χ2v) is 5.53. The third-order valence-corrected chi connectivity index (χ3v) is 4.26. The van der Waals surface area contributed by atoms with Crippen molar-refractivity contribution in [3.8, 4) is 0 Å². The van der Waals surface area contributed by atoms with Crippen LogP contribution in [0, 0.1) is 0 Å². The molecule has 0 spiro atoms. The molecule has 1 aliphatic heterocycles. The van der Waals surface area contributed by atoms with Crippen molar-refractivity contribution in [2.75, 3.05) is 0 Å². The number of hydrogen-bond donors (Lipinski definition) is 0. The van der Waals surface area contributed by atoms with Crippen molar-refractivity contribution >= 4 is 11.8 Å². The van der Waals surface area contributed by atoms with Crippen LogP contribution in [0.2, 0.25) is 0 Å². The Balaban J connectivity index is 1.96. The van der Waals surface area contributed by atoms with Crippen molar-refractivity contribution in [2.24, 2.45) is 0 Å². The molecule has 2 aliphatic rings. The van der Waals surface area contributed by atoms with E-state index in [0.717, 1.165) is 32.1 Å². The number of aryl methyl sites for hydroxylation is 2. The van der Waals surface area contributed by atoms with Gasteiger partial charge in [0.25, 0.3) is 11.8 Å². The predicted octanol–water partition coefficient (Wildman–Crippen LogP) is 2.94. The first-order valence-corrected chi connectivity index (χ1v) is 7.38. The zero-order valence-electron chi connectivity index (χ0n) is 11.8. The van der Waals surface area contributed by atoms with Crippen LogP contribution in [0.4, 0.5) is 0 Å². The molecule has 104 valence electrons. The summed E-state index contributed by atoms with van der Waals surface area (Å²) in [7, 11) is 0. The minimum Gasteiger partial charge on any atom is -0.269 e. The lowest BCUT2D eigenvalue weighted by Gasteiger charge is -2.24. The first kappa shape index (κ1) is 13.1. The van der Waals surface area contributed by atoms with Gasteiger partial charge in [-0.25, -0.2) is 0 Å². The van der Waals surface area contributed by atoms with Gasteiger partial charge in [-0.15, -0.1) is 0 Å². The van der Waals surface area contributed by atoms with Gasteiger partial charge in [-0.2, -0.15) is 0 Å². The Morgan fingerprint density at radius 2 is 1.95 bits per heavy atom. The highest BCUT2D eigenvalue weighted by molar-refractivity contribution is 6.13. The van der Waals surface area contributed by atoms with Crippen molar-refractivity contribution < 1.29 is 9.59 Å². The highest BCUT2D eigenvalue weighted by Gasteiger charge is 2.37. The largest absolute Gasteiger partial charge is 0.269 e. The standard InChI is InChI=1S/C17H19NO2/c1-2-3-5-12-6-4-7-13-8-9-14(17(12)13)18-15(19)10-11-16(18)20/h4,6-7,10-11,14H,2-3,5,8-9H2,1H3/t14-/m0/s1. The van der Waals surface area contributed by atoms with E-state index < -0.39 is 0 Å². The molecule has 0 aromatic heterocycles. The third kappa shape index (κ3) is 2.07. The highest BCUT2D eigenvalue weighted by Crippen LogP contribution is 2.39. The lowest BCUT2D eigenvalue weighted by atomic mass is 9.96. The molecule has 0 saturated carbocycles. The van der Waals surface area contributed by atoms with E-state index in [-0.39, 0.29) is 17.9 Å². The average Bonchev–Trinajstić information content (AvgIpc) is 3.00. The summed E-state index contributed by atoms with van der Waals surface area (Å²) in [5.41, 5.74) is 3.84. The number of carbonyl (C=O) groups excluding carboxylic acids is 2. The molecule has 1 aromatic rings. The Morgan fingerprint density at radius 1 is 1.20 bits per heavy atom. The number of carbonyl (C=O) groups is 2. The third-order valence-electron chi connectivity index (χ3n) is 4.26. The summed E-state index contributed by atoms with van der Waals surface area (Å²) in [4.78, 5) is 25.3. The molecule has 1 aliphatic carbocycles.